The predicted molar refractivity (Wildman–Crippen MR) is 69.7 cm³/mol. The molecule has 2 nitrogen and oxygen atoms in total. The largest absolute Gasteiger partial charge is 0.329 e. The van der Waals surface area contributed by atoms with E-state index in [1.54, 1.807) is 6.07 Å². The van der Waals surface area contributed by atoms with E-state index < -0.39 is 0 Å². The summed E-state index contributed by atoms with van der Waals surface area (Å²) in [6, 6.07) is 5.56. The molecule has 0 aliphatic carbocycles. The molecule has 0 heterocycles. The smallest absolute Gasteiger partial charge is 0.0595 e. The fraction of sp³-hybridized carbons (Fsp3) is 0.333. The molecule has 86 valence electrons. The normalized spacial score (nSPS) is 12.1. The molecule has 1 atom stereocenters. The second-order valence-corrected chi connectivity index (χ2v) is 4.18. The van der Waals surface area contributed by atoms with Crippen molar-refractivity contribution in [2.45, 2.75) is 12.5 Å². The Bertz CT molecular complexity index is 385. The molecule has 0 fully saturated rings. The van der Waals surface area contributed by atoms with Crippen LogP contribution in [0.3, 0.4) is 0 Å². The highest BCUT2D eigenvalue weighted by Gasteiger charge is 2.09. The van der Waals surface area contributed by atoms with Crippen molar-refractivity contribution in [3.63, 3.8) is 0 Å². The van der Waals surface area contributed by atoms with Crippen LogP contribution in [0.1, 0.15) is 18.0 Å². The molecule has 0 spiro atoms. The lowest BCUT2D eigenvalue weighted by atomic mass is 10.1. The maximum absolute atomic E-state index is 5.94. The monoisotopic (exact) mass is 256 g/mol. The molecule has 0 saturated heterocycles. The second kappa shape index (κ2) is 6.78. The van der Waals surface area contributed by atoms with Crippen LogP contribution >= 0.6 is 23.2 Å². The quantitative estimate of drug-likeness (QED) is 0.628. The molecular formula is C12H14Cl2N2. The minimum absolute atomic E-state index is 0.0584. The molecule has 1 aromatic rings. The van der Waals surface area contributed by atoms with Crippen LogP contribution < -0.4 is 11.1 Å². The minimum atomic E-state index is 0.0584. The van der Waals surface area contributed by atoms with Crippen molar-refractivity contribution < 1.29 is 0 Å². The molecule has 1 unspecified atom stereocenters. The van der Waals surface area contributed by atoms with Crippen molar-refractivity contribution in [3.8, 4) is 12.3 Å². The van der Waals surface area contributed by atoms with E-state index in [0.29, 0.717) is 23.0 Å². The van der Waals surface area contributed by atoms with Gasteiger partial charge in [0, 0.05) is 25.6 Å². The van der Waals surface area contributed by atoms with Crippen molar-refractivity contribution in [2.75, 3.05) is 13.1 Å². The highest BCUT2D eigenvalue weighted by molar-refractivity contribution is 6.42. The second-order valence-electron chi connectivity index (χ2n) is 3.37. The number of nitrogens with two attached hydrogens (primary N) is 1. The average molecular weight is 257 g/mol. The summed E-state index contributed by atoms with van der Waals surface area (Å²) >= 11 is 11.8. The fourth-order valence-electron chi connectivity index (χ4n) is 1.38. The van der Waals surface area contributed by atoms with E-state index in [2.05, 4.69) is 11.2 Å². The number of nitrogens with one attached hydrogen (secondary N) is 1. The topological polar surface area (TPSA) is 38.0 Å². The molecule has 1 aromatic carbocycles. The van der Waals surface area contributed by atoms with Crippen molar-refractivity contribution in [1.82, 2.24) is 5.32 Å². The third-order valence-electron chi connectivity index (χ3n) is 2.24. The summed E-state index contributed by atoms with van der Waals surface area (Å²) in [5, 5.41) is 4.35. The first-order valence-corrected chi connectivity index (χ1v) is 5.76. The Balaban J connectivity index is 2.71. The standard InChI is InChI=1S/C12H14Cl2N2/c1-2-3-6-16-12(8-15)9-4-5-10(13)11(14)7-9/h1,4-5,7,12,16H,3,6,8,15H2. The Kier molecular flexibility index (Phi) is 5.65. The van der Waals surface area contributed by atoms with Gasteiger partial charge in [0.25, 0.3) is 0 Å². The molecule has 0 aliphatic rings. The van der Waals surface area contributed by atoms with Crippen LogP contribution in [0, 0.1) is 12.3 Å². The molecular weight excluding hydrogens is 243 g/mol. The number of terminal acetylenes is 1. The van der Waals surface area contributed by atoms with Crippen LogP contribution in [0.4, 0.5) is 0 Å². The molecule has 0 aromatic heterocycles. The summed E-state index contributed by atoms with van der Waals surface area (Å²) < 4.78 is 0. The van der Waals surface area contributed by atoms with E-state index in [1.165, 1.54) is 0 Å². The number of benzene rings is 1. The molecule has 1 rings (SSSR count). The predicted octanol–water partition coefficient (Wildman–Crippen LogP) is 2.61. The lowest BCUT2D eigenvalue weighted by Crippen LogP contribution is -2.28. The van der Waals surface area contributed by atoms with Crippen LogP contribution in [0.5, 0.6) is 0 Å². The van der Waals surface area contributed by atoms with Gasteiger partial charge in [-0.3, -0.25) is 0 Å². The molecule has 0 amide bonds. The van der Waals surface area contributed by atoms with E-state index in [1.807, 2.05) is 12.1 Å². The summed E-state index contributed by atoms with van der Waals surface area (Å²) in [5.41, 5.74) is 6.71. The fourth-order valence-corrected chi connectivity index (χ4v) is 1.69. The summed E-state index contributed by atoms with van der Waals surface area (Å²) in [4.78, 5) is 0. The summed E-state index contributed by atoms with van der Waals surface area (Å²) in [5.74, 6) is 2.57. The van der Waals surface area contributed by atoms with E-state index in [4.69, 9.17) is 35.4 Å². The number of rotatable bonds is 5. The van der Waals surface area contributed by atoms with Crippen molar-refractivity contribution >= 4 is 23.2 Å². The zero-order valence-electron chi connectivity index (χ0n) is 8.84. The van der Waals surface area contributed by atoms with E-state index in [9.17, 15) is 0 Å². The molecule has 4 heteroatoms. The zero-order valence-corrected chi connectivity index (χ0v) is 10.4. The first kappa shape index (κ1) is 13.3. The van der Waals surface area contributed by atoms with Gasteiger partial charge in [0.05, 0.1) is 10.0 Å². The third-order valence-corrected chi connectivity index (χ3v) is 2.98. The lowest BCUT2D eigenvalue weighted by molar-refractivity contribution is 0.551. The molecule has 3 N–H and O–H groups in total. The highest BCUT2D eigenvalue weighted by Crippen LogP contribution is 2.25. The zero-order chi connectivity index (χ0) is 12.0. The minimum Gasteiger partial charge on any atom is -0.329 e. The maximum Gasteiger partial charge on any atom is 0.0595 e. The maximum atomic E-state index is 5.94. The van der Waals surface area contributed by atoms with Gasteiger partial charge in [-0.25, -0.2) is 0 Å². The summed E-state index contributed by atoms with van der Waals surface area (Å²) in [7, 11) is 0. The average Bonchev–Trinajstić information content (AvgIpc) is 2.29. The van der Waals surface area contributed by atoms with E-state index >= 15 is 0 Å². The van der Waals surface area contributed by atoms with Crippen LogP contribution in [0.25, 0.3) is 0 Å². The first-order valence-electron chi connectivity index (χ1n) is 5.01. The van der Waals surface area contributed by atoms with Gasteiger partial charge < -0.3 is 11.1 Å². The van der Waals surface area contributed by atoms with Gasteiger partial charge in [-0.2, -0.15) is 0 Å². The molecule has 0 bridgehead atoms. The van der Waals surface area contributed by atoms with Gasteiger partial charge >= 0.3 is 0 Å². The number of halogens is 2. The molecule has 0 radical (unpaired) electrons. The highest BCUT2D eigenvalue weighted by atomic mass is 35.5. The first-order chi connectivity index (χ1) is 7.69. The van der Waals surface area contributed by atoms with Crippen LogP contribution in [0.15, 0.2) is 18.2 Å². The molecule has 0 saturated carbocycles. The van der Waals surface area contributed by atoms with Gasteiger partial charge in [-0.1, -0.05) is 29.3 Å². The Morgan fingerprint density at radius 1 is 1.38 bits per heavy atom. The Morgan fingerprint density at radius 3 is 2.69 bits per heavy atom. The molecule has 16 heavy (non-hydrogen) atoms. The van der Waals surface area contributed by atoms with Gasteiger partial charge in [0.2, 0.25) is 0 Å². The summed E-state index contributed by atoms with van der Waals surface area (Å²) in [6.45, 7) is 1.22. The summed E-state index contributed by atoms with van der Waals surface area (Å²) in [6.07, 6.45) is 5.86. The SMILES string of the molecule is C#CCCNC(CN)c1ccc(Cl)c(Cl)c1. The van der Waals surface area contributed by atoms with Crippen LogP contribution in [0.2, 0.25) is 10.0 Å². The van der Waals surface area contributed by atoms with Crippen molar-refractivity contribution in [2.24, 2.45) is 5.73 Å². The molecule has 0 aliphatic heterocycles. The van der Waals surface area contributed by atoms with Gasteiger partial charge in [0.15, 0.2) is 0 Å². The lowest BCUT2D eigenvalue weighted by Gasteiger charge is -2.17. The Morgan fingerprint density at radius 2 is 2.12 bits per heavy atom. The van der Waals surface area contributed by atoms with E-state index in [0.717, 1.165) is 12.1 Å². The van der Waals surface area contributed by atoms with Crippen LogP contribution in [-0.4, -0.2) is 13.1 Å². The van der Waals surface area contributed by atoms with Gasteiger partial charge in [0.1, 0.15) is 0 Å². The van der Waals surface area contributed by atoms with Gasteiger partial charge in [-0.15, -0.1) is 12.3 Å². The van der Waals surface area contributed by atoms with Crippen LogP contribution in [-0.2, 0) is 0 Å². The van der Waals surface area contributed by atoms with E-state index in [-0.39, 0.29) is 6.04 Å². The number of hydrogen-bond acceptors (Lipinski definition) is 2. The Labute approximate surface area is 106 Å². The third kappa shape index (κ3) is 3.70. The van der Waals surface area contributed by atoms with Crippen molar-refractivity contribution in [3.05, 3.63) is 33.8 Å². The number of hydrogen-bond donors (Lipinski definition) is 2. The van der Waals surface area contributed by atoms with Crippen molar-refractivity contribution in [1.29, 1.82) is 0 Å². The Hall–Kier alpha value is -0.720. The van der Waals surface area contributed by atoms with Gasteiger partial charge in [-0.05, 0) is 17.7 Å².